The minimum Gasteiger partial charge on any atom is -0.314 e. The van der Waals surface area contributed by atoms with Crippen LogP contribution in [-0.2, 0) is 0 Å². The van der Waals surface area contributed by atoms with Gasteiger partial charge in [0.1, 0.15) is 11.2 Å². The summed E-state index contributed by atoms with van der Waals surface area (Å²) in [5, 5.41) is 5.47. The van der Waals surface area contributed by atoms with Gasteiger partial charge in [-0.1, -0.05) is 11.6 Å². The van der Waals surface area contributed by atoms with Crippen molar-refractivity contribution in [2.45, 2.75) is 25.4 Å². The third kappa shape index (κ3) is 3.51. The van der Waals surface area contributed by atoms with Gasteiger partial charge in [-0.05, 0) is 62.2 Å². The Morgan fingerprint density at radius 1 is 1.35 bits per heavy atom. The lowest BCUT2D eigenvalue weighted by Gasteiger charge is -2.33. The fourth-order valence-electron chi connectivity index (χ4n) is 3.35. The molecule has 1 aromatic carbocycles. The van der Waals surface area contributed by atoms with Crippen LogP contribution >= 0.6 is 23.1 Å². The molecule has 0 amide bonds. The zero-order chi connectivity index (χ0) is 18.3. The van der Waals surface area contributed by atoms with Gasteiger partial charge in [0.15, 0.2) is 0 Å². The molecule has 0 saturated carbocycles. The largest absolute Gasteiger partial charge is 0.314 e. The molecule has 0 spiro atoms. The van der Waals surface area contributed by atoms with E-state index in [1.165, 1.54) is 11.5 Å². The number of aromatic nitrogens is 3. The third-order valence-corrected chi connectivity index (χ3v) is 5.83. The number of fused-ring (bicyclic) bond motifs is 1. The van der Waals surface area contributed by atoms with Gasteiger partial charge in [0.25, 0.3) is 0 Å². The number of anilines is 2. The number of hydrogen-bond acceptors (Lipinski definition) is 6. The Balaban J connectivity index is 1.67. The van der Waals surface area contributed by atoms with E-state index in [-0.39, 0.29) is 5.92 Å². The predicted molar refractivity (Wildman–Crippen MR) is 104 cm³/mol. The Morgan fingerprint density at radius 3 is 2.92 bits per heavy atom. The third-order valence-electron chi connectivity index (χ3n) is 4.71. The molecule has 8 heteroatoms. The van der Waals surface area contributed by atoms with Gasteiger partial charge in [-0.15, -0.1) is 0 Å². The molecule has 1 aliphatic rings. The van der Waals surface area contributed by atoms with Crippen molar-refractivity contribution in [3.8, 4) is 0 Å². The van der Waals surface area contributed by atoms with Crippen LogP contribution in [-0.4, -0.2) is 45.6 Å². The van der Waals surface area contributed by atoms with E-state index < -0.39 is 6.17 Å². The molecular weight excluding hydrogens is 373 g/mol. The van der Waals surface area contributed by atoms with Crippen LogP contribution in [0.15, 0.2) is 24.4 Å². The van der Waals surface area contributed by atoms with Crippen molar-refractivity contribution in [1.29, 1.82) is 0 Å². The highest BCUT2D eigenvalue weighted by molar-refractivity contribution is 7.10. The summed E-state index contributed by atoms with van der Waals surface area (Å²) in [5.74, 6) is 0.299. The van der Waals surface area contributed by atoms with Crippen molar-refractivity contribution < 1.29 is 4.39 Å². The SMILES string of the molecule is Cc1cc(Nc2ncc3cc(Cl)c(C4CCN(C)C[C@@H]4F)cc3n2)sn1. The van der Waals surface area contributed by atoms with Crippen LogP contribution in [0.5, 0.6) is 0 Å². The quantitative estimate of drug-likeness (QED) is 0.709. The number of hydrogen-bond donors (Lipinski definition) is 1. The Hall–Kier alpha value is -1.83. The average Bonchev–Trinajstić information content (AvgIpc) is 3.00. The molecule has 3 heterocycles. The fraction of sp³-hybridized carbons (Fsp3) is 0.389. The molecule has 3 aromatic rings. The second kappa shape index (κ2) is 7.06. The first-order chi connectivity index (χ1) is 12.5. The lowest BCUT2D eigenvalue weighted by molar-refractivity contribution is 0.139. The van der Waals surface area contributed by atoms with Crippen LogP contribution in [0.3, 0.4) is 0 Å². The minimum absolute atomic E-state index is 0.196. The van der Waals surface area contributed by atoms with Crippen molar-refractivity contribution in [2.24, 2.45) is 0 Å². The molecule has 4 rings (SSSR count). The predicted octanol–water partition coefficient (Wildman–Crippen LogP) is 4.55. The molecule has 5 nitrogen and oxygen atoms in total. The number of nitrogens with one attached hydrogen (secondary N) is 1. The monoisotopic (exact) mass is 391 g/mol. The molecule has 2 atom stereocenters. The van der Waals surface area contributed by atoms with Gasteiger partial charge in [-0.2, -0.15) is 4.37 Å². The number of rotatable bonds is 3. The first kappa shape index (κ1) is 17.6. The van der Waals surface area contributed by atoms with Crippen LogP contribution < -0.4 is 5.32 Å². The highest BCUT2D eigenvalue weighted by atomic mass is 35.5. The van der Waals surface area contributed by atoms with E-state index in [2.05, 4.69) is 19.7 Å². The molecule has 1 fully saturated rings. The summed E-state index contributed by atoms with van der Waals surface area (Å²) in [4.78, 5) is 10.9. The zero-order valence-corrected chi connectivity index (χ0v) is 16.1. The van der Waals surface area contributed by atoms with E-state index >= 15 is 0 Å². The van der Waals surface area contributed by atoms with E-state index in [9.17, 15) is 4.39 Å². The first-order valence-corrected chi connectivity index (χ1v) is 9.64. The van der Waals surface area contributed by atoms with Crippen LogP contribution in [0.1, 0.15) is 23.6 Å². The van der Waals surface area contributed by atoms with Gasteiger partial charge in [-0.3, -0.25) is 0 Å². The molecule has 136 valence electrons. The van der Waals surface area contributed by atoms with E-state index in [1.807, 2.05) is 37.1 Å². The number of halogens is 2. The van der Waals surface area contributed by atoms with E-state index in [0.29, 0.717) is 17.5 Å². The minimum atomic E-state index is -0.927. The molecular formula is C18H19ClFN5S. The number of piperidine rings is 1. The van der Waals surface area contributed by atoms with Crippen molar-refractivity contribution in [2.75, 3.05) is 25.5 Å². The molecule has 26 heavy (non-hydrogen) atoms. The molecule has 1 saturated heterocycles. The van der Waals surface area contributed by atoms with E-state index in [0.717, 1.165) is 40.1 Å². The maximum Gasteiger partial charge on any atom is 0.228 e. The Labute approximate surface area is 160 Å². The van der Waals surface area contributed by atoms with Crippen LogP contribution in [0, 0.1) is 6.92 Å². The summed E-state index contributed by atoms with van der Waals surface area (Å²) >= 11 is 7.81. The van der Waals surface area contributed by atoms with Crippen molar-refractivity contribution in [1.82, 2.24) is 19.2 Å². The lowest BCUT2D eigenvalue weighted by Crippen LogP contribution is -2.38. The van der Waals surface area contributed by atoms with Gasteiger partial charge in [0, 0.05) is 29.1 Å². The normalized spacial score (nSPS) is 21.2. The number of benzene rings is 1. The van der Waals surface area contributed by atoms with Gasteiger partial charge >= 0.3 is 0 Å². The second-order valence-corrected chi connectivity index (χ2v) is 7.97. The summed E-state index contributed by atoms with van der Waals surface area (Å²) in [6.45, 7) is 3.23. The second-order valence-electron chi connectivity index (χ2n) is 6.76. The van der Waals surface area contributed by atoms with Crippen molar-refractivity contribution in [3.05, 3.63) is 40.7 Å². The van der Waals surface area contributed by atoms with Gasteiger partial charge in [0.2, 0.25) is 5.95 Å². The molecule has 0 radical (unpaired) electrons. The number of alkyl halides is 1. The summed E-state index contributed by atoms with van der Waals surface area (Å²) in [6.07, 6.45) is 1.55. The average molecular weight is 392 g/mol. The Morgan fingerprint density at radius 2 is 2.19 bits per heavy atom. The summed E-state index contributed by atoms with van der Waals surface area (Å²) in [5.41, 5.74) is 2.54. The van der Waals surface area contributed by atoms with Crippen LogP contribution in [0.2, 0.25) is 5.02 Å². The Kier molecular flexibility index (Phi) is 4.77. The standard InChI is InChI=1S/C18H19ClFN5S/c1-10-5-17(26-24-10)23-18-21-8-11-6-14(19)13(7-16(11)22-18)12-3-4-25(2)9-15(12)20/h5-8,12,15H,3-4,9H2,1-2H3,(H,21,22,23)/t12?,15-/m0/s1. The van der Waals surface area contributed by atoms with Gasteiger partial charge < -0.3 is 10.2 Å². The number of likely N-dealkylation sites (tertiary alicyclic amines) is 1. The summed E-state index contributed by atoms with van der Waals surface area (Å²) in [7, 11) is 1.94. The van der Waals surface area contributed by atoms with Crippen LogP contribution in [0.4, 0.5) is 15.3 Å². The Bertz CT molecular complexity index is 946. The maximum atomic E-state index is 14.6. The summed E-state index contributed by atoms with van der Waals surface area (Å²) in [6, 6.07) is 5.68. The van der Waals surface area contributed by atoms with E-state index in [1.54, 1.807) is 6.20 Å². The molecule has 0 aliphatic carbocycles. The molecule has 1 N–H and O–H groups in total. The number of nitrogens with zero attached hydrogens (tertiary/aromatic N) is 4. The van der Waals surface area contributed by atoms with Crippen LogP contribution in [0.25, 0.3) is 10.9 Å². The molecule has 2 aromatic heterocycles. The summed E-state index contributed by atoms with van der Waals surface area (Å²) < 4.78 is 18.8. The van der Waals surface area contributed by atoms with E-state index in [4.69, 9.17) is 11.6 Å². The van der Waals surface area contributed by atoms with Crippen molar-refractivity contribution >= 4 is 45.0 Å². The van der Waals surface area contributed by atoms with Crippen molar-refractivity contribution in [3.63, 3.8) is 0 Å². The molecule has 1 unspecified atom stereocenters. The lowest BCUT2D eigenvalue weighted by atomic mass is 9.87. The zero-order valence-electron chi connectivity index (χ0n) is 14.5. The molecule has 1 aliphatic heterocycles. The number of aryl methyl sites for hydroxylation is 1. The highest BCUT2D eigenvalue weighted by Gasteiger charge is 2.30. The van der Waals surface area contributed by atoms with Gasteiger partial charge in [-0.25, -0.2) is 14.4 Å². The first-order valence-electron chi connectivity index (χ1n) is 8.49. The maximum absolute atomic E-state index is 14.6. The smallest absolute Gasteiger partial charge is 0.228 e. The highest BCUT2D eigenvalue weighted by Crippen LogP contribution is 2.36. The van der Waals surface area contributed by atoms with Gasteiger partial charge in [0.05, 0.1) is 11.2 Å². The fourth-order valence-corrected chi connectivity index (χ4v) is 4.32. The topological polar surface area (TPSA) is 53.9 Å². The molecule has 0 bridgehead atoms.